The number of carbonyl (C=O) groups is 1. The van der Waals surface area contributed by atoms with Gasteiger partial charge < -0.3 is 10.6 Å². The average Bonchev–Trinajstić information content (AvgIpc) is 3.40. The summed E-state index contributed by atoms with van der Waals surface area (Å²) in [6, 6.07) is 10.1. The van der Waals surface area contributed by atoms with Gasteiger partial charge in [0.05, 0.1) is 11.9 Å². The van der Waals surface area contributed by atoms with E-state index in [2.05, 4.69) is 17.0 Å². The summed E-state index contributed by atoms with van der Waals surface area (Å²) >= 11 is 1.47. The number of para-hydroxylation sites is 1. The maximum atomic E-state index is 12.8. The van der Waals surface area contributed by atoms with Crippen molar-refractivity contribution in [3.63, 3.8) is 0 Å². The topological polar surface area (TPSA) is 77.0 Å². The van der Waals surface area contributed by atoms with Gasteiger partial charge >= 0.3 is 0 Å². The molecule has 26 heavy (non-hydrogen) atoms. The Morgan fingerprint density at radius 2 is 2.15 bits per heavy atom. The molecule has 134 valence electrons. The minimum Gasteiger partial charge on any atom is -0.334 e. The Bertz CT molecular complexity index is 904. The summed E-state index contributed by atoms with van der Waals surface area (Å²) in [4.78, 5) is 19.3. The lowest BCUT2D eigenvalue weighted by Gasteiger charge is -2.20. The zero-order chi connectivity index (χ0) is 18.1. The van der Waals surface area contributed by atoms with Gasteiger partial charge in [-0.15, -0.1) is 11.3 Å². The van der Waals surface area contributed by atoms with Crippen LogP contribution in [-0.4, -0.2) is 44.7 Å². The number of hydrogen-bond donors (Lipinski definition) is 1. The Kier molecular flexibility index (Phi) is 4.57. The Balaban J connectivity index is 1.53. The lowest BCUT2D eigenvalue weighted by atomic mass is 10.1. The van der Waals surface area contributed by atoms with Gasteiger partial charge in [-0.3, -0.25) is 4.79 Å². The van der Waals surface area contributed by atoms with E-state index < -0.39 is 0 Å². The highest BCUT2D eigenvalue weighted by Crippen LogP contribution is 2.28. The van der Waals surface area contributed by atoms with Crippen LogP contribution in [0.4, 0.5) is 0 Å². The fraction of sp³-hybridized carbons (Fsp3) is 0.316. The molecule has 2 atom stereocenters. The molecule has 4 rings (SSSR count). The van der Waals surface area contributed by atoms with Gasteiger partial charge in [-0.05, 0) is 37.9 Å². The van der Waals surface area contributed by atoms with E-state index in [0.29, 0.717) is 18.2 Å². The number of aromatic nitrogens is 3. The van der Waals surface area contributed by atoms with Crippen molar-refractivity contribution in [2.45, 2.75) is 19.4 Å². The number of nitrogens with two attached hydrogens (primary N) is 1. The summed E-state index contributed by atoms with van der Waals surface area (Å²) in [5.41, 5.74) is 8.17. The SMILES string of the molecule is CC1CC(CN)CN1C(=O)c1csc(-c2cnn(-c3ccccc3)c2)n1. The monoisotopic (exact) mass is 367 g/mol. The van der Waals surface area contributed by atoms with Crippen molar-refractivity contribution in [1.29, 1.82) is 0 Å². The zero-order valence-corrected chi connectivity index (χ0v) is 15.4. The molecule has 1 aliphatic heterocycles. The molecule has 3 aromatic rings. The Labute approximate surface area is 156 Å². The van der Waals surface area contributed by atoms with Gasteiger partial charge in [-0.25, -0.2) is 9.67 Å². The number of likely N-dealkylation sites (tertiary alicyclic amines) is 1. The molecular weight excluding hydrogens is 346 g/mol. The van der Waals surface area contributed by atoms with Crippen molar-refractivity contribution in [2.24, 2.45) is 11.7 Å². The first kappa shape index (κ1) is 16.9. The van der Waals surface area contributed by atoms with Crippen LogP contribution in [0.3, 0.4) is 0 Å². The predicted octanol–water partition coefficient (Wildman–Crippen LogP) is 2.81. The summed E-state index contributed by atoms with van der Waals surface area (Å²) in [7, 11) is 0. The normalized spacial score (nSPS) is 19.8. The molecule has 2 N–H and O–H groups in total. The molecule has 0 radical (unpaired) electrons. The van der Waals surface area contributed by atoms with E-state index in [1.807, 2.05) is 51.5 Å². The van der Waals surface area contributed by atoms with E-state index >= 15 is 0 Å². The van der Waals surface area contributed by atoms with Crippen LogP contribution in [0.1, 0.15) is 23.8 Å². The standard InChI is InChI=1S/C19H21N5OS/c1-13-7-14(8-20)10-23(13)19(25)17-12-26-18(22-17)15-9-21-24(11-15)16-5-3-2-4-6-16/h2-6,9,11-14H,7-8,10,20H2,1H3. The lowest BCUT2D eigenvalue weighted by Crippen LogP contribution is -2.34. The van der Waals surface area contributed by atoms with Crippen molar-refractivity contribution in [1.82, 2.24) is 19.7 Å². The van der Waals surface area contributed by atoms with Gasteiger partial charge in [-0.1, -0.05) is 18.2 Å². The first-order chi connectivity index (χ1) is 12.7. The van der Waals surface area contributed by atoms with E-state index in [0.717, 1.165) is 29.2 Å². The largest absolute Gasteiger partial charge is 0.334 e. The highest BCUT2D eigenvalue weighted by molar-refractivity contribution is 7.13. The van der Waals surface area contributed by atoms with Gasteiger partial charge in [0.2, 0.25) is 0 Å². The lowest BCUT2D eigenvalue weighted by molar-refractivity contribution is 0.0738. The number of rotatable bonds is 4. The van der Waals surface area contributed by atoms with Gasteiger partial charge in [-0.2, -0.15) is 5.10 Å². The number of carbonyl (C=O) groups excluding carboxylic acids is 1. The zero-order valence-electron chi connectivity index (χ0n) is 14.6. The van der Waals surface area contributed by atoms with Crippen molar-refractivity contribution < 1.29 is 4.79 Å². The molecule has 2 aromatic heterocycles. The van der Waals surface area contributed by atoms with E-state index in [1.54, 1.807) is 6.20 Å². The van der Waals surface area contributed by atoms with Crippen LogP contribution >= 0.6 is 11.3 Å². The van der Waals surface area contributed by atoms with Crippen LogP contribution in [0.5, 0.6) is 0 Å². The first-order valence-electron chi connectivity index (χ1n) is 8.72. The second kappa shape index (κ2) is 7.01. The Morgan fingerprint density at radius 1 is 1.35 bits per heavy atom. The van der Waals surface area contributed by atoms with Crippen LogP contribution in [0.25, 0.3) is 16.3 Å². The van der Waals surface area contributed by atoms with Crippen LogP contribution in [0.2, 0.25) is 0 Å². The van der Waals surface area contributed by atoms with E-state index in [9.17, 15) is 4.79 Å². The third-order valence-corrected chi connectivity index (χ3v) is 5.72. The van der Waals surface area contributed by atoms with Crippen molar-refractivity contribution in [3.8, 4) is 16.3 Å². The summed E-state index contributed by atoms with van der Waals surface area (Å²) in [6.45, 7) is 3.41. The fourth-order valence-electron chi connectivity index (χ4n) is 3.40. The summed E-state index contributed by atoms with van der Waals surface area (Å²) in [6.07, 6.45) is 4.68. The Hall–Kier alpha value is -2.51. The van der Waals surface area contributed by atoms with Gasteiger partial charge in [0.15, 0.2) is 0 Å². The number of thiazole rings is 1. The molecule has 7 heteroatoms. The molecule has 1 aromatic carbocycles. The van der Waals surface area contributed by atoms with Crippen LogP contribution < -0.4 is 5.73 Å². The molecule has 3 heterocycles. The number of hydrogen-bond acceptors (Lipinski definition) is 5. The van der Waals surface area contributed by atoms with E-state index in [-0.39, 0.29) is 11.9 Å². The van der Waals surface area contributed by atoms with Crippen LogP contribution in [0.15, 0.2) is 48.1 Å². The molecule has 2 unspecified atom stereocenters. The van der Waals surface area contributed by atoms with Gasteiger partial charge in [0, 0.05) is 29.7 Å². The quantitative estimate of drug-likeness (QED) is 0.769. The first-order valence-corrected chi connectivity index (χ1v) is 9.60. The van der Waals surface area contributed by atoms with Gasteiger partial charge in [0.25, 0.3) is 5.91 Å². The summed E-state index contributed by atoms with van der Waals surface area (Å²) in [5, 5.41) is 7.04. The van der Waals surface area contributed by atoms with Crippen LogP contribution in [-0.2, 0) is 0 Å². The molecule has 1 aliphatic rings. The second-order valence-corrected chi connectivity index (χ2v) is 7.55. The molecule has 0 aliphatic carbocycles. The molecule has 0 bridgehead atoms. The number of amides is 1. The summed E-state index contributed by atoms with van der Waals surface area (Å²) < 4.78 is 1.81. The Morgan fingerprint density at radius 3 is 2.88 bits per heavy atom. The molecule has 1 amide bonds. The second-order valence-electron chi connectivity index (χ2n) is 6.69. The molecular formula is C19H21N5OS. The van der Waals surface area contributed by atoms with Crippen molar-refractivity contribution >= 4 is 17.2 Å². The third-order valence-electron chi connectivity index (χ3n) is 4.83. The van der Waals surface area contributed by atoms with E-state index in [4.69, 9.17) is 5.73 Å². The van der Waals surface area contributed by atoms with Crippen LogP contribution in [0, 0.1) is 5.92 Å². The molecule has 0 saturated carbocycles. The van der Waals surface area contributed by atoms with Crippen molar-refractivity contribution in [3.05, 3.63) is 53.8 Å². The molecule has 1 fully saturated rings. The summed E-state index contributed by atoms with van der Waals surface area (Å²) in [5.74, 6) is 0.377. The molecule has 1 saturated heterocycles. The highest BCUT2D eigenvalue weighted by atomic mass is 32.1. The third kappa shape index (κ3) is 3.15. The highest BCUT2D eigenvalue weighted by Gasteiger charge is 2.33. The molecule has 0 spiro atoms. The fourth-order valence-corrected chi connectivity index (χ4v) is 4.17. The predicted molar refractivity (Wildman–Crippen MR) is 102 cm³/mol. The molecule has 6 nitrogen and oxygen atoms in total. The average molecular weight is 367 g/mol. The van der Waals surface area contributed by atoms with Crippen molar-refractivity contribution in [2.75, 3.05) is 13.1 Å². The smallest absolute Gasteiger partial charge is 0.273 e. The van der Waals surface area contributed by atoms with Gasteiger partial charge in [0.1, 0.15) is 10.7 Å². The van der Waals surface area contributed by atoms with E-state index in [1.165, 1.54) is 11.3 Å². The number of benzene rings is 1. The minimum atomic E-state index is -0.00796. The minimum absolute atomic E-state index is 0.00796. The number of nitrogens with zero attached hydrogens (tertiary/aromatic N) is 4. The maximum Gasteiger partial charge on any atom is 0.273 e. The maximum absolute atomic E-state index is 12.8.